The molecule has 0 aromatic rings. The zero-order valence-electron chi connectivity index (χ0n) is 7.88. The molecular formula is C8H17N3O2. The van der Waals surface area contributed by atoms with Crippen molar-refractivity contribution in [2.45, 2.75) is 31.9 Å². The highest BCUT2D eigenvalue weighted by atomic mass is 16.5. The van der Waals surface area contributed by atoms with E-state index in [2.05, 4.69) is 10.7 Å². The molecule has 0 saturated carbocycles. The highest BCUT2D eigenvalue weighted by molar-refractivity contribution is 5.80. The van der Waals surface area contributed by atoms with Gasteiger partial charge in [0, 0.05) is 13.2 Å². The average molecular weight is 187 g/mol. The Bertz CT molecular complexity index is 169. The van der Waals surface area contributed by atoms with Gasteiger partial charge in [0.05, 0.1) is 12.1 Å². The molecule has 13 heavy (non-hydrogen) atoms. The largest absolute Gasteiger partial charge is 0.377 e. The molecular weight excluding hydrogens is 170 g/mol. The smallest absolute Gasteiger partial charge is 0.250 e. The first-order valence-electron chi connectivity index (χ1n) is 4.59. The number of amides is 1. The van der Waals surface area contributed by atoms with Gasteiger partial charge in [-0.2, -0.15) is 0 Å². The van der Waals surface area contributed by atoms with Gasteiger partial charge in [0.15, 0.2) is 0 Å². The molecule has 1 fully saturated rings. The van der Waals surface area contributed by atoms with Gasteiger partial charge in [0.25, 0.3) is 5.91 Å². The lowest BCUT2D eigenvalue weighted by molar-refractivity contribution is -0.122. The van der Waals surface area contributed by atoms with E-state index < -0.39 is 0 Å². The van der Waals surface area contributed by atoms with Crippen LogP contribution >= 0.6 is 0 Å². The van der Waals surface area contributed by atoms with Crippen molar-refractivity contribution in [3.63, 3.8) is 0 Å². The second kappa shape index (κ2) is 5.16. The second-order valence-electron chi connectivity index (χ2n) is 3.27. The molecule has 0 aromatic carbocycles. The number of ether oxygens (including phenoxy) is 1. The fourth-order valence-corrected chi connectivity index (χ4v) is 1.33. The van der Waals surface area contributed by atoms with Crippen molar-refractivity contribution in [1.29, 1.82) is 0 Å². The summed E-state index contributed by atoms with van der Waals surface area (Å²) in [6.45, 7) is 3.33. The van der Waals surface area contributed by atoms with Crippen LogP contribution in [0.25, 0.3) is 0 Å². The maximum atomic E-state index is 11.0. The molecule has 0 bridgehead atoms. The Kier molecular flexibility index (Phi) is 4.14. The molecule has 1 amide bonds. The fourth-order valence-electron chi connectivity index (χ4n) is 1.33. The molecule has 0 aliphatic carbocycles. The van der Waals surface area contributed by atoms with Crippen molar-refractivity contribution >= 4 is 5.91 Å². The maximum absolute atomic E-state index is 11.0. The third kappa shape index (κ3) is 3.30. The molecule has 2 atom stereocenters. The molecule has 0 radical (unpaired) electrons. The van der Waals surface area contributed by atoms with Crippen LogP contribution < -0.4 is 16.6 Å². The van der Waals surface area contributed by atoms with Crippen molar-refractivity contribution in [3.8, 4) is 0 Å². The number of rotatable bonds is 4. The molecule has 5 nitrogen and oxygen atoms in total. The molecule has 1 heterocycles. The van der Waals surface area contributed by atoms with Gasteiger partial charge in [-0.1, -0.05) is 0 Å². The van der Waals surface area contributed by atoms with Crippen LogP contribution in [-0.2, 0) is 9.53 Å². The number of nitrogens with two attached hydrogens (primary N) is 1. The van der Waals surface area contributed by atoms with E-state index in [1.54, 1.807) is 6.92 Å². The van der Waals surface area contributed by atoms with E-state index >= 15 is 0 Å². The first kappa shape index (κ1) is 10.4. The lowest BCUT2D eigenvalue weighted by Crippen LogP contribution is -2.46. The van der Waals surface area contributed by atoms with Crippen LogP contribution in [0.1, 0.15) is 19.8 Å². The van der Waals surface area contributed by atoms with Crippen LogP contribution in [-0.4, -0.2) is 31.2 Å². The van der Waals surface area contributed by atoms with Crippen LogP contribution in [0.5, 0.6) is 0 Å². The Hall–Kier alpha value is -0.650. The fraction of sp³-hybridized carbons (Fsp3) is 0.875. The van der Waals surface area contributed by atoms with Gasteiger partial charge in [-0.25, -0.2) is 5.84 Å². The van der Waals surface area contributed by atoms with Gasteiger partial charge in [-0.15, -0.1) is 0 Å². The summed E-state index contributed by atoms with van der Waals surface area (Å²) in [7, 11) is 0. The lowest BCUT2D eigenvalue weighted by atomic mass is 10.2. The predicted octanol–water partition coefficient (Wildman–Crippen LogP) is -0.867. The molecule has 0 aromatic heterocycles. The molecule has 1 rings (SSSR count). The van der Waals surface area contributed by atoms with Gasteiger partial charge < -0.3 is 10.1 Å². The molecule has 0 spiro atoms. The van der Waals surface area contributed by atoms with Crippen molar-refractivity contribution in [2.24, 2.45) is 5.84 Å². The van der Waals surface area contributed by atoms with Gasteiger partial charge in [0.2, 0.25) is 0 Å². The monoisotopic (exact) mass is 187 g/mol. The minimum atomic E-state index is -0.255. The van der Waals surface area contributed by atoms with E-state index in [9.17, 15) is 4.79 Å². The van der Waals surface area contributed by atoms with Crippen LogP contribution in [0, 0.1) is 0 Å². The summed E-state index contributed by atoms with van der Waals surface area (Å²) in [5.41, 5.74) is 2.10. The Morgan fingerprint density at radius 2 is 2.54 bits per heavy atom. The first-order valence-corrected chi connectivity index (χ1v) is 4.59. The van der Waals surface area contributed by atoms with E-state index in [-0.39, 0.29) is 18.1 Å². The van der Waals surface area contributed by atoms with E-state index in [1.165, 1.54) is 0 Å². The van der Waals surface area contributed by atoms with Crippen LogP contribution in [0.15, 0.2) is 0 Å². The summed E-state index contributed by atoms with van der Waals surface area (Å²) in [6.07, 6.45) is 2.45. The van der Waals surface area contributed by atoms with E-state index in [4.69, 9.17) is 10.6 Å². The Labute approximate surface area is 78.0 Å². The molecule has 76 valence electrons. The Morgan fingerprint density at radius 1 is 1.77 bits per heavy atom. The summed E-state index contributed by atoms with van der Waals surface area (Å²) in [4.78, 5) is 11.0. The molecule has 5 heteroatoms. The van der Waals surface area contributed by atoms with Crippen molar-refractivity contribution in [3.05, 3.63) is 0 Å². The molecule has 1 saturated heterocycles. The van der Waals surface area contributed by atoms with Crippen molar-refractivity contribution < 1.29 is 9.53 Å². The van der Waals surface area contributed by atoms with Crippen molar-refractivity contribution in [1.82, 2.24) is 10.7 Å². The maximum Gasteiger partial charge on any atom is 0.250 e. The number of carbonyl (C=O) groups excluding carboxylic acids is 1. The minimum absolute atomic E-state index is 0.196. The number of hydrogen-bond acceptors (Lipinski definition) is 4. The molecule has 4 N–H and O–H groups in total. The zero-order chi connectivity index (χ0) is 9.68. The Balaban J connectivity index is 2.13. The predicted molar refractivity (Wildman–Crippen MR) is 48.8 cm³/mol. The van der Waals surface area contributed by atoms with E-state index in [0.29, 0.717) is 6.54 Å². The average Bonchev–Trinajstić information content (AvgIpc) is 2.65. The summed E-state index contributed by atoms with van der Waals surface area (Å²) in [5.74, 6) is 4.79. The normalized spacial score (nSPS) is 24.3. The van der Waals surface area contributed by atoms with Crippen LogP contribution in [0.4, 0.5) is 0 Å². The molecule has 0 unspecified atom stereocenters. The lowest BCUT2D eigenvalue weighted by Gasteiger charge is -2.15. The van der Waals surface area contributed by atoms with Gasteiger partial charge in [-0.3, -0.25) is 10.2 Å². The highest BCUT2D eigenvalue weighted by Crippen LogP contribution is 2.10. The van der Waals surface area contributed by atoms with Gasteiger partial charge >= 0.3 is 0 Å². The van der Waals surface area contributed by atoms with E-state index in [0.717, 1.165) is 19.4 Å². The first-order chi connectivity index (χ1) is 6.24. The number of hydrazine groups is 1. The third-order valence-electron chi connectivity index (χ3n) is 2.21. The SMILES string of the molecule is C[C@@H](NC[C@@H]1CCCO1)C(=O)NN. The van der Waals surface area contributed by atoms with Gasteiger partial charge in [0.1, 0.15) is 0 Å². The molecule has 1 aliphatic heterocycles. The summed E-state index contributed by atoms with van der Waals surface area (Å²) >= 11 is 0. The van der Waals surface area contributed by atoms with Crippen molar-refractivity contribution in [2.75, 3.05) is 13.2 Å². The quantitative estimate of drug-likeness (QED) is 0.304. The summed E-state index contributed by atoms with van der Waals surface area (Å²) < 4.78 is 5.39. The standard InChI is InChI=1S/C8H17N3O2/c1-6(8(12)11-9)10-5-7-3-2-4-13-7/h6-7,10H,2-5,9H2,1H3,(H,11,12)/t6-,7+/m1/s1. The number of nitrogens with one attached hydrogen (secondary N) is 2. The Morgan fingerprint density at radius 3 is 3.08 bits per heavy atom. The van der Waals surface area contributed by atoms with E-state index in [1.807, 2.05) is 0 Å². The van der Waals surface area contributed by atoms with Crippen LogP contribution in [0.3, 0.4) is 0 Å². The minimum Gasteiger partial charge on any atom is -0.377 e. The zero-order valence-corrected chi connectivity index (χ0v) is 7.88. The summed E-state index contributed by atoms with van der Waals surface area (Å²) in [5, 5.41) is 3.06. The second-order valence-corrected chi connectivity index (χ2v) is 3.27. The number of hydrogen-bond donors (Lipinski definition) is 3. The summed E-state index contributed by atoms with van der Waals surface area (Å²) in [6, 6.07) is -0.255. The van der Waals surface area contributed by atoms with Crippen LogP contribution in [0.2, 0.25) is 0 Å². The molecule has 1 aliphatic rings. The third-order valence-corrected chi connectivity index (χ3v) is 2.21. The highest BCUT2D eigenvalue weighted by Gasteiger charge is 2.17. The van der Waals surface area contributed by atoms with Gasteiger partial charge in [-0.05, 0) is 19.8 Å². The number of carbonyl (C=O) groups is 1. The topological polar surface area (TPSA) is 76.4 Å².